The van der Waals surface area contributed by atoms with E-state index in [-0.39, 0.29) is 23.7 Å². The van der Waals surface area contributed by atoms with Crippen LogP contribution >= 0.6 is 0 Å². The van der Waals surface area contributed by atoms with Gasteiger partial charge in [-0.2, -0.15) is 0 Å². The third kappa shape index (κ3) is 2.05. The summed E-state index contributed by atoms with van der Waals surface area (Å²) < 4.78 is 12.8. The normalized spacial score (nSPS) is 21.6. The molecule has 1 heterocycles. The minimum absolute atomic E-state index is 0.0123. The number of ketones is 1. The second-order valence-electron chi connectivity index (χ2n) is 4.40. The lowest BCUT2D eigenvalue weighted by atomic mass is 10.0. The molecule has 1 aliphatic rings. The number of carbonyl (C=O) groups excluding carboxylic acids is 1. The molecule has 3 rings (SSSR count). The molecule has 0 amide bonds. The predicted octanol–water partition coefficient (Wildman–Crippen LogP) is 2.72. The largest absolute Gasteiger partial charge is 0.297 e. The van der Waals surface area contributed by atoms with Crippen LogP contribution in [0, 0.1) is 5.82 Å². The smallest absolute Gasteiger partial charge is 0.181 e. The minimum atomic E-state index is -0.259. The van der Waals surface area contributed by atoms with Crippen LogP contribution in [0.1, 0.15) is 22.0 Å². The average molecular weight is 241 g/mol. The third-order valence-corrected chi connectivity index (χ3v) is 3.15. The van der Waals surface area contributed by atoms with Crippen LogP contribution in [0.3, 0.4) is 0 Å². The molecule has 2 aromatic rings. The summed E-state index contributed by atoms with van der Waals surface area (Å²) >= 11 is 0. The van der Waals surface area contributed by atoms with Gasteiger partial charge < -0.3 is 0 Å². The van der Waals surface area contributed by atoms with Gasteiger partial charge >= 0.3 is 0 Å². The molecule has 18 heavy (non-hydrogen) atoms. The van der Waals surface area contributed by atoms with Crippen molar-refractivity contribution in [2.24, 2.45) is 0 Å². The molecule has 90 valence electrons. The van der Waals surface area contributed by atoms with Crippen LogP contribution in [0.25, 0.3) is 0 Å². The molecule has 3 heteroatoms. The standard InChI is InChI=1S/C15H12FNO/c16-12-8-6-10(7-9-12)13-14(17-13)15(18)11-4-2-1-3-5-11/h1-9,13-14,17H/t13-,14+/m1/s1. The van der Waals surface area contributed by atoms with E-state index >= 15 is 0 Å². The maximum Gasteiger partial charge on any atom is 0.181 e. The van der Waals surface area contributed by atoms with E-state index in [1.165, 1.54) is 12.1 Å². The number of Topliss-reactive ketones (excluding diaryl/α,β-unsaturated/α-hetero) is 1. The van der Waals surface area contributed by atoms with Crippen molar-refractivity contribution in [1.82, 2.24) is 5.32 Å². The van der Waals surface area contributed by atoms with Crippen molar-refractivity contribution in [3.05, 3.63) is 71.5 Å². The Morgan fingerprint density at radius 1 is 1.00 bits per heavy atom. The van der Waals surface area contributed by atoms with Crippen LogP contribution in [-0.4, -0.2) is 11.8 Å². The van der Waals surface area contributed by atoms with E-state index in [1.54, 1.807) is 12.1 Å². The number of hydrogen-bond acceptors (Lipinski definition) is 2. The maximum atomic E-state index is 12.8. The third-order valence-electron chi connectivity index (χ3n) is 3.15. The number of nitrogens with one attached hydrogen (secondary N) is 1. The van der Waals surface area contributed by atoms with Crippen molar-refractivity contribution in [3.8, 4) is 0 Å². The van der Waals surface area contributed by atoms with Gasteiger partial charge in [0.05, 0.1) is 12.1 Å². The average Bonchev–Trinajstić information content (AvgIpc) is 3.20. The molecular weight excluding hydrogens is 229 g/mol. The summed E-state index contributed by atoms with van der Waals surface area (Å²) in [6.45, 7) is 0. The van der Waals surface area contributed by atoms with Crippen LogP contribution in [0.5, 0.6) is 0 Å². The lowest BCUT2D eigenvalue weighted by Crippen LogP contribution is -2.09. The maximum absolute atomic E-state index is 12.8. The van der Waals surface area contributed by atoms with E-state index in [2.05, 4.69) is 5.32 Å². The van der Waals surface area contributed by atoms with Gasteiger partial charge in [0, 0.05) is 5.56 Å². The quantitative estimate of drug-likeness (QED) is 0.663. The molecule has 0 radical (unpaired) electrons. The Bertz CT molecular complexity index is 565. The zero-order valence-electron chi connectivity index (χ0n) is 9.64. The summed E-state index contributed by atoms with van der Waals surface area (Å²) in [5.41, 5.74) is 1.66. The van der Waals surface area contributed by atoms with Crippen LogP contribution in [0.15, 0.2) is 54.6 Å². The van der Waals surface area contributed by atoms with Gasteiger partial charge in [-0.3, -0.25) is 10.1 Å². The summed E-state index contributed by atoms with van der Waals surface area (Å²) in [7, 11) is 0. The second-order valence-corrected chi connectivity index (χ2v) is 4.40. The van der Waals surface area contributed by atoms with E-state index in [0.29, 0.717) is 5.56 Å². The number of halogens is 1. The Balaban J connectivity index is 1.75. The number of carbonyl (C=O) groups is 1. The van der Waals surface area contributed by atoms with Crippen molar-refractivity contribution in [1.29, 1.82) is 0 Å². The lowest BCUT2D eigenvalue weighted by Gasteiger charge is -1.99. The number of hydrogen-bond donors (Lipinski definition) is 1. The first-order valence-corrected chi connectivity index (χ1v) is 5.86. The van der Waals surface area contributed by atoms with Gasteiger partial charge in [0.25, 0.3) is 0 Å². The predicted molar refractivity (Wildman–Crippen MR) is 66.8 cm³/mol. The van der Waals surface area contributed by atoms with Crippen molar-refractivity contribution in [2.45, 2.75) is 12.1 Å². The molecule has 2 aromatic carbocycles. The Kier molecular flexibility index (Phi) is 2.68. The molecule has 1 fully saturated rings. The van der Waals surface area contributed by atoms with Crippen molar-refractivity contribution < 1.29 is 9.18 Å². The molecule has 0 spiro atoms. The highest BCUT2D eigenvalue weighted by Crippen LogP contribution is 2.31. The zero-order chi connectivity index (χ0) is 12.5. The SMILES string of the molecule is O=C(c1ccccc1)[C@H]1N[C@@H]1c1ccc(F)cc1. The molecule has 0 bridgehead atoms. The van der Waals surface area contributed by atoms with Crippen molar-refractivity contribution in [2.75, 3.05) is 0 Å². The van der Waals surface area contributed by atoms with Gasteiger partial charge in [-0.25, -0.2) is 4.39 Å². The minimum Gasteiger partial charge on any atom is -0.297 e. The van der Waals surface area contributed by atoms with Gasteiger partial charge in [0.1, 0.15) is 5.82 Å². The number of rotatable bonds is 3. The summed E-state index contributed by atoms with van der Waals surface area (Å²) in [6, 6.07) is 15.3. The molecule has 1 aliphatic heterocycles. The first kappa shape index (κ1) is 11.1. The fourth-order valence-corrected chi connectivity index (χ4v) is 2.11. The molecule has 1 N–H and O–H groups in total. The van der Waals surface area contributed by atoms with Crippen LogP contribution < -0.4 is 5.32 Å². The fourth-order valence-electron chi connectivity index (χ4n) is 2.11. The van der Waals surface area contributed by atoms with E-state index in [4.69, 9.17) is 0 Å². The van der Waals surface area contributed by atoms with E-state index in [9.17, 15) is 9.18 Å². The van der Waals surface area contributed by atoms with Gasteiger partial charge in [0.2, 0.25) is 0 Å². The molecule has 0 aromatic heterocycles. The molecule has 0 unspecified atom stereocenters. The Morgan fingerprint density at radius 3 is 2.33 bits per heavy atom. The molecule has 0 aliphatic carbocycles. The zero-order valence-corrected chi connectivity index (χ0v) is 9.64. The van der Waals surface area contributed by atoms with E-state index < -0.39 is 0 Å². The van der Waals surface area contributed by atoms with Crippen LogP contribution in [0.2, 0.25) is 0 Å². The highest BCUT2D eigenvalue weighted by molar-refractivity contribution is 6.02. The van der Waals surface area contributed by atoms with E-state index in [1.807, 2.05) is 30.3 Å². The Morgan fingerprint density at radius 2 is 1.67 bits per heavy atom. The summed E-state index contributed by atoms with van der Waals surface area (Å²) in [5, 5.41) is 3.13. The first-order chi connectivity index (χ1) is 8.75. The second kappa shape index (κ2) is 4.35. The Hall–Kier alpha value is -2.00. The molecule has 1 saturated heterocycles. The van der Waals surface area contributed by atoms with Gasteiger partial charge in [-0.1, -0.05) is 42.5 Å². The highest BCUT2D eigenvalue weighted by Gasteiger charge is 2.43. The first-order valence-electron chi connectivity index (χ1n) is 5.86. The molecule has 2 nitrogen and oxygen atoms in total. The lowest BCUT2D eigenvalue weighted by molar-refractivity contribution is 0.0988. The summed E-state index contributed by atoms with van der Waals surface area (Å²) in [5.74, 6) is -0.171. The molecule has 2 atom stereocenters. The topological polar surface area (TPSA) is 39.0 Å². The Labute approximate surface area is 104 Å². The van der Waals surface area contributed by atoms with Crippen molar-refractivity contribution >= 4 is 5.78 Å². The molecular formula is C15H12FNO. The van der Waals surface area contributed by atoms with Crippen LogP contribution in [-0.2, 0) is 0 Å². The molecule has 0 saturated carbocycles. The van der Waals surface area contributed by atoms with E-state index in [0.717, 1.165) is 5.56 Å². The van der Waals surface area contributed by atoms with Crippen LogP contribution in [0.4, 0.5) is 4.39 Å². The summed E-state index contributed by atoms with van der Waals surface area (Å²) in [4.78, 5) is 12.1. The van der Waals surface area contributed by atoms with Gasteiger partial charge in [-0.05, 0) is 17.7 Å². The van der Waals surface area contributed by atoms with Crippen molar-refractivity contribution in [3.63, 3.8) is 0 Å². The summed E-state index contributed by atoms with van der Waals surface area (Å²) in [6.07, 6.45) is 0. The van der Waals surface area contributed by atoms with Gasteiger partial charge in [0.15, 0.2) is 5.78 Å². The number of benzene rings is 2. The fraction of sp³-hybridized carbons (Fsp3) is 0.133. The highest BCUT2D eigenvalue weighted by atomic mass is 19.1. The van der Waals surface area contributed by atoms with Gasteiger partial charge in [-0.15, -0.1) is 0 Å². The monoisotopic (exact) mass is 241 g/mol.